The fraction of sp³-hybridized carbons (Fsp3) is 0.0625. The fourth-order valence-electron chi connectivity index (χ4n) is 1.69. The van der Waals surface area contributed by atoms with Gasteiger partial charge in [-0.15, -0.1) is 6.58 Å². The molecule has 2 aromatic carbocycles. The van der Waals surface area contributed by atoms with Crippen LogP contribution in [0.2, 0.25) is 0 Å². The van der Waals surface area contributed by atoms with Crippen LogP contribution in [0.25, 0.3) is 0 Å². The number of nitrogens with zero attached hydrogens (tertiary/aromatic N) is 1. The molecule has 0 fully saturated rings. The Balaban J connectivity index is 0.000000541. The SMILES string of the molecule is C=CCc1cccc(C=Nc2ccccc2)c1O.[Cl][Ta]([Cl])[Cl]. The van der Waals surface area contributed by atoms with Gasteiger partial charge in [-0.2, -0.15) is 0 Å². The van der Waals surface area contributed by atoms with Gasteiger partial charge in [-0.3, -0.25) is 4.99 Å². The van der Waals surface area contributed by atoms with Crippen LogP contribution in [0.3, 0.4) is 0 Å². The molecule has 0 heterocycles. The molecular formula is C16H15Cl3NOTa. The van der Waals surface area contributed by atoms with E-state index in [-0.39, 0.29) is 5.75 Å². The third kappa shape index (κ3) is 7.50. The Morgan fingerprint density at radius 1 is 1.05 bits per heavy atom. The van der Waals surface area contributed by atoms with Gasteiger partial charge in [-0.1, -0.05) is 36.4 Å². The van der Waals surface area contributed by atoms with E-state index in [1.165, 1.54) is 0 Å². The van der Waals surface area contributed by atoms with E-state index in [1.807, 2.05) is 48.5 Å². The second-order valence-corrected chi connectivity index (χ2v) is 18.1. The summed E-state index contributed by atoms with van der Waals surface area (Å²) in [6.07, 6.45) is 4.10. The summed E-state index contributed by atoms with van der Waals surface area (Å²) >= 11 is -2.18. The van der Waals surface area contributed by atoms with E-state index in [0.717, 1.165) is 16.8 Å². The molecule has 0 unspecified atom stereocenters. The number of aromatic hydroxyl groups is 1. The maximum absolute atomic E-state index is 10.1. The van der Waals surface area contributed by atoms with Crippen molar-refractivity contribution in [1.29, 1.82) is 0 Å². The van der Waals surface area contributed by atoms with Crippen molar-refractivity contribution in [2.45, 2.75) is 6.42 Å². The van der Waals surface area contributed by atoms with Gasteiger partial charge in [0, 0.05) is 11.8 Å². The number of benzene rings is 2. The molecular weight excluding hydrogens is 509 g/mol. The van der Waals surface area contributed by atoms with E-state index < -0.39 is 15.2 Å². The van der Waals surface area contributed by atoms with E-state index in [0.29, 0.717) is 6.42 Å². The van der Waals surface area contributed by atoms with Crippen LogP contribution in [-0.4, -0.2) is 11.3 Å². The topological polar surface area (TPSA) is 32.6 Å². The summed E-state index contributed by atoms with van der Waals surface area (Å²) in [6.45, 7) is 3.68. The van der Waals surface area contributed by atoms with Crippen molar-refractivity contribution < 1.29 is 20.3 Å². The number of allylic oxidation sites excluding steroid dienone is 1. The molecule has 0 atom stereocenters. The molecule has 6 heteroatoms. The normalized spacial score (nSPS) is 10.4. The molecule has 0 radical (unpaired) electrons. The number of phenolic OH excluding ortho intramolecular Hbond substituents is 1. The molecule has 0 saturated heterocycles. The Bertz CT molecular complexity index is 615. The van der Waals surface area contributed by atoms with Gasteiger partial charge in [-0.25, -0.2) is 0 Å². The number of hydrogen-bond acceptors (Lipinski definition) is 2. The van der Waals surface area contributed by atoms with Crippen molar-refractivity contribution in [2.75, 3.05) is 0 Å². The van der Waals surface area contributed by atoms with Gasteiger partial charge in [0.25, 0.3) is 0 Å². The third-order valence-electron chi connectivity index (χ3n) is 2.62. The summed E-state index contributed by atoms with van der Waals surface area (Å²) in [5, 5.41) is 10.1. The fourth-order valence-corrected chi connectivity index (χ4v) is 1.69. The zero-order valence-electron chi connectivity index (χ0n) is 11.7. The Labute approximate surface area is 148 Å². The Morgan fingerprint density at radius 3 is 2.27 bits per heavy atom. The molecule has 0 aliphatic carbocycles. The minimum absolute atomic E-state index is 0.275. The van der Waals surface area contributed by atoms with Crippen LogP contribution in [0.4, 0.5) is 5.69 Å². The predicted octanol–water partition coefficient (Wildman–Crippen LogP) is 5.94. The molecule has 1 N–H and O–H groups in total. The van der Waals surface area contributed by atoms with Crippen molar-refractivity contribution in [3.63, 3.8) is 0 Å². The van der Waals surface area contributed by atoms with Gasteiger partial charge >= 0.3 is 42.8 Å². The summed E-state index contributed by atoms with van der Waals surface area (Å²) in [6, 6.07) is 15.3. The first kappa shape index (κ1) is 19.3. The summed E-state index contributed by atoms with van der Waals surface area (Å²) in [5.41, 5.74) is 2.45. The van der Waals surface area contributed by atoms with Crippen molar-refractivity contribution in [1.82, 2.24) is 0 Å². The number of para-hydroxylation sites is 2. The molecule has 0 saturated carbocycles. The van der Waals surface area contributed by atoms with E-state index in [9.17, 15) is 5.11 Å². The average Bonchev–Trinajstić information content (AvgIpc) is 2.49. The number of aliphatic imine (C=N–C) groups is 1. The van der Waals surface area contributed by atoms with Crippen LogP contribution in [0, 0.1) is 0 Å². The molecule has 0 aliphatic rings. The van der Waals surface area contributed by atoms with Gasteiger partial charge in [0.1, 0.15) is 5.75 Å². The zero-order valence-corrected chi connectivity index (χ0v) is 17.1. The molecule has 2 rings (SSSR count). The molecule has 0 bridgehead atoms. The Morgan fingerprint density at radius 2 is 1.68 bits per heavy atom. The van der Waals surface area contributed by atoms with Crippen LogP contribution < -0.4 is 0 Å². The molecule has 2 nitrogen and oxygen atoms in total. The van der Waals surface area contributed by atoms with Crippen molar-refractivity contribution >= 4 is 39.5 Å². The summed E-state index contributed by atoms with van der Waals surface area (Å²) in [7, 11) is 15.0. The van der Waals surface area contributed by atoms with Gasteiger partial charge in [0.15, 0.2) is 0 Å². The van der Waals surface area contributed by atoms with Crippen LogP contribution >= 0.6 is 27.6 Å². The van der Waals surface area contributed by atoms with E-state index in [1.54, 1.807) is 12.3 Å². The second kappa shape index (κ2) is 10.9. The van der Waals surface area contributed by atoms with Crippen LogP contribution in [0.15, 0.2) is 66.2 Å². The minimum atomic E-state index is -2.18. The van der Waals surface area contributed by atoms with Gasteiger partial charge in [-0.05, 0) is 30.2 Å². The Hall–Kier alpha value is -0.740. The van der Waals surface area contributed by atoms with E-state index in [2.05, 4.69) is 11.6 Å². The quantitative estimate of drug-likeness (QED) is 0.390. The first-order valence-electron chi connectivity index (χ1n) is 6.33. The van der Waals surface area contributed by atoms with Gasteiger partial charge in [0.2, 0.25) is 0 Å². The summed E-state index contributed by atoms with van der Waals surface area (Å²) in [4.78, 5) is 4.33. The second-order valence-electron chi connectivity index (χ2n) is 4.13. The number of rotatable bonds is 4. The third-order valence-corrected chi connectivity index (χ3v) is 2.62. The molecule has 0 spiro atoms. The molecule has 116 valence electrons. The van der Waals surface area contributed by atoms with E-state index in [4.69, 9.17) is 27.6 Å². The van der Waals surface area contributed by atoms with E-state index >= 15 is 0 Å². The summed E-state index contributed by atoms with van der Waals surface area (Å²) in [5.74, 6) is 0.275. The summed E-state index contributed by atoms with van der Waals surface area (Å²) < 4.78 is 0. The number of hydrogen-bond donors (Lipinski definition) is 1. The standard InChI is InChI=1S/C16H15NO.3ClH.Ta/c1-2-7-13-8-6-9-14(16(13)18)12-17-15-10-4-3-5-11-15;;;;/h2-6,8-12,18H,1,7H2;3*1H;/q;;;;+3/p-3. The molecule has 0 amide bonds. The monoisotopic (exact) mass is 523 g/mol. The van der Waals surface area contributed by atoms with Crippen molar-refractivity contribution in [3.8, 4) is 5.75 Å². The average molecular weight is 525 g/mol. The van der Waals surface area contributed by atoms with Crippen LogP contribution in [-0.2, 0) is 21.6 Å². The Kier molecular flexibility index (Phi) is 9.56. The van der Waals surface area contributed by atoms with Gasteiger partial charge < -0.3 is 5.11 Å². The molecule has 22 heavy (non-hydrogen) atoms. The van der Waals surface area contributed by atoms with Crippen LogP contribution in [0.5, 0.6) is 5.75 Å². The predicted molar refractivity (Wildman–Crippen MR) is 93.3 cm³/mol. The van der Waals surface area contributed by atoms with Crippen LogP contribution in [0.1, 0.15) is 11.1 Å². The van der Waals surface area contributed by atoms with Crippen molar-refractivity contribution in [3.05, 3.63) is 72.3 Å². The molecule has 0 aromatic heterocycles. The number of phenols is 1. The van der Waals surface area contributed by atoms with Crippen molar-refractivity contribution in [2.24, 2.45) is 4.99 Å². The first-order chi connectivity index (χ1) is 10.5. The first-order valence-corrected chi connectivity index (χ1v) is 18.3. The van der Waals surface area contributed by atoms with Gasteiger partial charge in [0.05, 0.1) is 5.69 Å². The maximum atomic E-state index is 10.1. The molecule has 2 aromatic rings. The zero-order chi connectivity index (χ0) is 16.4. The number of halogens is 3. The molecule has 0 aliphatic heterocycles.